The van der Waals surface area contributed by atoms with Crippen molar-refractivity contribution in [2.45, 2.75) is 13.0 Å². The van der Waals surface area contributed by atoms with E-state index in [2.05, 4.69) is 15.6 Å². The number of aromatic nitrogens is 2. The van der Waals surface area contributed by atoms with Gasteiger partial charge in [-0.25, -0.2) is 4.98 Å². The van der Waals surface area contributed by atoms with Gasteiger partial charge in [0.05, 0.1) is 6.54 Å². The molecular formula is C15H20N4O. The van der Waals surface area contributed by atoms with Gasteiger partial charge in [-0.1, -0.05) is 37.3 Å². The van der Waals surface area contributed by atoms with Crippen LogP contribution in [0.4, 0.5) is 0 Å². The molecule has 0 saturated carbocycles. The molecule has 1 heterocycles. The predicted molar refractivity (Wildman–Crippen MR) is 78.2 cm³/mol. The summed E-state index contributed by atoms with van der Waals surface area (Å²) < 4.78 is 1.92. The number of carbonyl (C=O) groups is 1. The minimum Gasteiger partial charge on any atom is -0.341 e. The molecule has 2 N–H and O–H groups in total. The zero-order valence-electron chi connectivity index (χ0n) is 11.8. The normalized spacial score (nSPS) is 12.1. The van der Waals surface area contributed by atoms with Crippen molar-refractivity contribution in [3.63, 3.8) is 0 Å². The molecule has 1 unspecified atom stereocenters. The third-order valence-corrected chi connectivity index (χ3v) is 3.09. The van der Waals surface area contributed by atoms with Crippen LogP contribution in [0.3, 0.4) is 0 Å². The van der Waals surface area contributed by atoms with E-state index < -0.39 is 0 Å². The van der Waals surface area contributed by atoms with E-state index in [4.69, 9.17) is 0 Å². The molecule has 1 aromatic carbocycles. The number of hydrogen-bond acceptors (Lipinski definition) is 3. The molecule has 0 aliphatic heterocycles. The summed E-state index contributed by atoms with van der Waals surface area (Å²) in [5.41, 5.74) is 1.02. The molecule has 2 rings (SSSR count). The highest BCUT2D eigenvalue weighted by atomic mass is 16.2. The first-order chi connectivity index (χ1) is 9.72. The van der Waals surface area contributed by atoms with Crippen molar-refractivity contribution in [3.05, 3.63) is 54.1 Å². The van der Waals surface area contributed by atoms with Crippen molar-refractivity contribution in [1.82, 2.24) is 20.2 Å². The zero-order valence-corrected chi connectivity index (χ0v) is 11.8. The van der Waals surface area contributed by atoms with Crippen molar-refractivity contribution < 1.29 is 4.79 Å². The molecule has 0 aliphatic rings. The molecule has 5 nitrogen and oxygen atoms in total. The number of imidazole rings is 1. The number of hydrogen-bond donors (Lipinski definition) is 2. The topological polar surface area (TPSA) is 59.0 Å². The smallest absolute Gasteiger partial charge is 0.234 e. The van der Waals surface area contributed by atoms with E-state index in [1.807, 2.05) is 55.1 Å². The molecule has 0 fully saturated rings. The maximum atomic E-state index is 12.0. The van der Waals surface area contributed by atoms with Crippen LogP contribution in [-0.4, -0.2) is 28.5 Å². The van der Waals surface area contributed by atoms with Crippen molar-refractivity contribution in [2.75, 3.05) is 13.1 Å². The second-order valence-corrected chi connectivity index (χ2v) is 4.59. The van der Waals surface area contributed by atoms with Gasteiger partial charge < -0.3 is 15.2 Å². The largest absolute Gasteiger partial charge is 0.341 e. The highest BCUT2D eigenvalue weighted by molar-refractivity contribution is 5.78. The molecule has 1 aromatic heterocycles. The fraction of sp³-hybridized carbons (Fsp3) is 0.333. The number of likely N-dealkylation sites (N-methyl/N-ethyl adjacent to an activating group) is 1. The number of carbonyl (C=O) groups excluding carboxylic acids is 1. The Balaban J connectivity index is 2.22. The Bertz CT molecular complexity index is 550. The van der Waals surface area contributed by atoms with Crippen LogP contribution in [0.5, 0.6) is 0 Å². The van der Waals surface area contributed by atoms with Crippen LogP contribution in [0.1, 0.15) is 24.4 Å². The van der Waals surface area contributed by atoms with Crippen LogP contribution < -0.4 is 10.6 Å². The number of rotatable bonds is 6. The summed E-state index contributed by atoms with van der Waals surface area (Å²) >= 11 is 0. The van der Waals surface area contributed by atoms with Gasteiger partial charge in [-0.05, 0) is 12.1 Å². The SMILES string of the molecule is CCNCC(=O)NC(c1ccccc1)c1nccn1C. The quantitative estimate of drug-likeness (QED) is 0.831. The lowest BCUT2D eigenvalue weighted by atomic mass is 10.1. The van der Waals surface area contributed by atoms with Gasteiger partial charge in [0.2, 0.25) is 5.91 Å². The lowest BCUT2D eigenvalue weighted by Crippen LogP contribution is -2.37. The number of amides is 1. The van der Waals surface area contributed by atoms with E-state index >= 15 is 0 Å². The van der Waals surface area contributed by atoms with E-state index in [-0.39, 0.29) is 11.9 Å². The summed E-state index contributed by atoms with van der Waals surface area (Å²) in [6.07, 6.45) is 3.61. The number of nitrogens with one attached hydrogen (secondary N) is 2. The lowest BCUT2D eigenvalue weighted by molar-refractivity contribution is -0.120. The second kappa shape index (κ2) is 6.86. The third kappa shape index (κ3) is 3.45. The van der Waals surface area contributed by atoms with Gasteiger partial charge in [0.15, 0.2) is 0 Å². The van der Waals surface area contributed by atoms with Crippen LogP contribution in [0.15, 0.2) is 42.7 Å². The van der Waals surface area contributed by atoms with Crippen LogP contribution in [0.2, 0.25) is 0 Å². The molecule has 2 aromatic rings. The summed E-state index contributed by atoms with van der Waals surface area (Å²) in [5.74, 6) is 0.782. The van der Waals surface area contributed by atoms with Crippen molar-refractivity contribution in [1.29, 1.82) is 0 Å². The highest BCUT2D eigenvalue weighted by Crippen LogP contribution is 2.19. The first-order valence-electron chi connectivity index (χ1n) is 6.74. The number of benzene rings is 1. The maximum absolute atomic E-state index is 12.0. The average Bonchev–Trinajstić information content (AvgIpc) is 2.89. The Morgan fingerprint density at radius 2 is 2.10 bits per heavy atom. The molecule has 0 aliphatic carbocycles. The van der Waals surface area contributed by atoms with Gasteiger partial charge in [-0.15, -0.1) is 0 Å². The van der Waals surface area contributed by atoms with Crippen molar-refractivity contribution in [3.8, 4) is 0 Å². The molecule has 0 radical (unpaired) electrons. The Morgan fingerprint density at radius 1 is 1.35 bits per heavy atom. The summed E-state index contributed by atoms with van der Waals surface area (Å²) in [6, 6.07) is 9.63. The van der Waals surface area contributed by atoms with Crippen molar-refractivity contribution in [2.24, 2.45) is 7.05 Å². The maximum Gasteiger partial charge on any atom is 0.234 e. The molecule has 1 atom stereocenters. The predicted octanol–water partition coefficient (Wildman–Crippen LogP) is 1.24. The summed E-state index contributed by atoms with van der Waals surface area (Å²) in [5, 5.41) is 6.05. The minimum absolute atomic E-state index is 0.0382. The number of aryl methyl sites for hydroxylation is 1. The van der Waals surface area contributed by atoms with Crippen LogP contribution in [-0.2, 0) is 11.8 Å². The van der Waals surface area contributed by atoms with Gasteiger partial charge in [-0.2, -0.15) is 0 Å². The van der Waals surface area contributed by atoms with Crippen LogP contribution in [0.25, 0.3) is 0 Å². The standard InChI is InChI=1S/C15H20N4O/c1-3-16-11-13(20)18-14(12-7-5-4-6-8-12)15-17-9-10-19(15)2/h4-10,14,16H,3,11H2,1-2H3,(H,18,20). The van der Waals surface area contributed by atoms with Gasteiger partial charge in [-0.3, -0.25) is 4.79 Å². The Kier molecular flexibility index (Phi) is 4.90. The monoisotopic (exact) mass is 272 g/mol. The minimum atomic E-state index is -0.234. The first-order valence-corrected chi connectivity index (χ1v) is 6.74. The summed E-state index contributed by atoms with van der Waals surface area (Å²) in [4.78, 5) is 16.3. The van der Waals surface area contributed by atoms with Gasteiger partial charge >= 0.3 is 0 Å². The highest BCUT2D eigenvalue weighted by Gasteiger charge is 2.19. The van der Waals surface area contributed by atoms with Gasteiger partial charge in [0, 0.05) is 19.4 Å². The van der Waals surface area contributed by atoms with Crippen LogP contribution in [0, 0.1) is 0 Å². The van der Waals surface area contributed by atoms with E-state index in [0.29, 0.717) is 6.54 Å². The summed E-state index contributed by atoms with van der Waals surface area (Å²) in [6.45, 7) is 3.05. The van der Waals surface area contributed by atoms with E-state index in [1.54, 1.807) is 6.20 Å². The van der Waals surface area contributed by atoms with Gasteiger partial charge in [0.1, 0.15) is 11.9 Å². The molecule has 0 bridgehead atoms. The Morgan fingerprint density at radius 3 is 2.70 bits per heavy atom. The summed E-state index contributed by atoms with van der Waals surface area (Å²) in [7, 11) is 1.93. The molecule has 0 saturated heterocycles. The van der Waals surface area contributed by atoms with Gasteiger partial charge in [0.25, 0.3) is 0 Å². The molecule has 5 heteroatoms. The zero-order chi connectivity index (χ0) is 14.4. The Labute approximate surface area is 119 Å². The molecule has 0 spiro atoms. The molecule has 106 valence electrons. The van der Waals surface area contributed by atoms with E-state index in [0.717, 1.165) is 17.9 Å². The second-order valence-electron chi connectivity index (χ2n) is 4.59. The number of nitrogens with zero attached hydrogens (tertiary/aromatic N) is 2. The Hall–Kier alpha value is -2.14. The molecule has 20 heavy (non-hydrogen) atoms. The molecular weight excluding hydrogens is 252 g/mol. The lowest BCUT2D eigenvalue weighted by Gasteiger charge is -2.19. The first kappa shape index (κ1) is 14.3. The molecule has 1 amide bonds. The van der Waals surface area contributed by atoms with E-state index in [9.17, 15) is 4.79 Å². The third-order valence-electron chi connectivity index (χ3n) is 3.09. The van der Waals surface area contributed by atoms with Crippen molar-refractivity contribution >= 4 is 5.91 Å². The fourth-order valence-corrected chi connectivity index (χ4v) is 2.05. The average molecular weight is 272 g/mol. The fourth-order valence-electron chi connectivity index (χ4n) is 2.05. The van der Waals surface area contributed by atoms with E-state index in [1.165, 1.54) is 0 Å². The van der Waals surface area contributed by atoms with Crippen LogP contribution >= 0.6 is 0 Å².